The largest absolute Gasteiger partial charge is 0.872 e. The van der Waals surface area contributed by atoms with Gasteiger partial charge in [-0.3, -0.25) is 4.79 Å². The molecule has 0 heterocycles. The van der Waals surface area contributed by atoms with Crippen LogP contribution < -0.4 is 5.11 Å². The van der Waals surface area contributed by atoms with E-state index < -0.39 is 28.7 Å². The molecule has 3 nitrogen and oxygen atoms in total. The maximum absolute atomic E-state index is 13.0. The Labute approximate surface area is 157 Å². The number of hydrogen-bond donors (Lipinski definition) is 1. The number of rotatable bonds is 1. The summed E-state index contributed by atoms with van der Waals surface area (Å²) in [7, 11) is 0. The molecular weight excluding hydrogens is 357 g/mol. The molecule has 0 amide bonds. The molecule has 150 valence electrons. The quantitative estimate of drug-likeness (QED) is 0.752. The Hall–Kier alpha value is -1.30. The topological polar surface area (TPSA) is 60.4 Å². The zero-order chi connectivity index (χ0) is 19.8. The summed E-state index contributed by atoms with van der Waals surface area (Å²) in [6, 6.07) is 0. The molecule has 4 aliphatic rings. The Morgan fingerprint density at radius 2 is 1.89 bits per heavy atom. The fraction of sp³-hybridized carbons (Fsp3) is 0.762. The van der Waals surface area contributed by atoms with E-state index in [1.165, 1.54) is 6.08 Å². The van der Waals surface area contributed by atoms with Gasteiger partial charge in [0.25, 0.3) is 5.78 Å². The predicted molar refractivity (Wildman–Crippen MR) is 91.2 cm³/mol. The van der Waals surface area contributed by atoms with Crippen molar-refractivity contribution in [3.63, 3.8) is 0 Å². The van der Waals surface area contributed by atoms with Crippen LogP contribution in [0.1, 0.15) is 58.8 Å². The molecule has 1 N–H and O–H groups in total. The first kappa shape index (κ1) is 19.0. The summed E-state index contributed by atoms with van der Waals surface area (Å²) < 4.78 is 39.0. The second kappa shape index (κ2) is 5.85. The van der Waals surface area contributed by atoms with Gasteiger partial charge in [0.15, 0.2) is 0 Å². The summed E-state index contributed by atoms with van der Waals surface area (Å²) in [4.78, 5) is 11.8. The van der Waals surface area contributed by atoms with Gasteiger partial charge in [0.05, 0.1) is 6.10 Å². The lowest BCUT2D eigenvalue weighted by molar-refractivity contribution is -0.298. The van der Waals surface area contributed by atoms with E-state index >= 15 is 0 Å². The highest BCUT2D eigenvalue weighted by Crippen LogP contribution is 2.65. The fourth-order valence-electron chi connectivity index (χ4n) is 6.84. The van der Waals surface area contributed by atoms with Gasteiger partial charge in [0, 0.05) is 0 Å². The molecule has 0 radical (unpaired) electrons. The number of ketones is 1. The first-order valence-electron chi connectivity index (χ1n) is 9.89. The summed E-state index contributed by atoms with van der Waals surface area (Å²) in [5, 5.41) is 22.7. The first-order chi connectivity index (χ1) is 12.5. The third-order valence-electron chi connectivity index (χ3n) is 8.36. The minimum atomic E-state index is -5.01. The zero-order valence-corrected chi connectivity index (χ0v) is 15.7. The van der Waals surface area contributed by atoms with Crippen LogP contribution in [0, 0.1) is 28.6 Å². The summed E-state index contributed by atoms with van der Waals surface area (Å²) in [6.07, 6.45) is 0.894. The molecule has 6 atom stereocenters. The Bertz CT molecular complexity index is 737. The normalized spacial score (nSPS) is 44.3. The first-order valence-corrected chi connectivity index (χ1v) is 9.89. The van der Waals surface area contributed by atoms with Gasteiger partial charge in [-0.1, -0.05) is 25.5 Å². The van der Waals surface area contributed by atoms with Gasteiger partial charge in [-0.05, 0) is 79.1 Å². The van der Waals surface area contributed by atoms with Crippen molar-refractivity contribution in [3.8, 4) is 0 Å². The van der Waals surface area contributed by atoms with Crippen LogP contribution in [0.4, 0.5) is 13.2 Å². The second-order valence-corrected chi connectivity index (χ2v) is 9.49. The van der Waals surface area contributed by atoms with E-state index in [4.69, 9.17) is 0 Å². The van der Waals surface area contributed by atoms with Crippen molar-refractivity contribution in [1.82, 2.24) is 0 Å². The third kappa shape index (κ3) is 2.62. The molecule has 27 heavy (non-hydrogen) atoms. The highest BCUT2D eigenvalue weighted by atomic mass is 19.4. The molecule has 6 heteroatoms. The molecule has 0 bridgehead atoms. The molecule has 0 aromatic heterocycles. The van der Waals surface area contributed by atoms with Crippen LogP contribution in [0.3, 0.4) is 0 Å². The number of alkyl halides is 3. The molecule has 0 aromatic rings. The number of Topliss-reactive ketones (excluding diaryl/α,β-unsaturated/α-hetero) is 1. The van der Waals surface area contributed by atoms with Gasteiger partial charge < -0.3 is 10.2 Å². The molecule has 6 unspecified atom stereocenters. The standard InChI is InChI=1S/C21H27F3O3/c1-19-8-7-15-12(14(19)5-6-17(19)26)4-3-11-9-16(25)13(10-20(11,15)2)18(27)21(22,23)24/h9,12,14-15,17,25-26H,3-8,10H2,1-2H3/p-1. The number of halogens is 3. The smallest absolute Gasteiger partial charge is 0.454 e. The monoisotopic (exact) mass is 383 g/mol. The molecule has 0 spiro atoms. The lowest BCUT2D eigenvalue weighted by atomic mass is 9.47. The number of aliphatic hydroxyl groups is 1. The molecule has 0 aliphatic heterocycles. The molecular formula is C21H26F3O3-. The van der Waals surface area contributed by atoms with Crippen molar-refractivity contribution < 1.29 is 28.2 Å². The van der Waals surface area contributed by atoms with Crippen LogP contribution in [0.25, 0.3) is 0 Å². The average Bonchev–Trinajstić information content (AvgIpc) is 2.89. The summed E-state index contributed by atoms with van der Waals surface area (Å²) in [5.41, 5.74) is -0.372. The van der Waals surface area contributed by atoms with Crippen molar-refractivity contribution >= 4 is 5.78 Å². The highest BCUT2D eigenvalue weighted by molar-refractivity contribution is 6.00. The summed E-state index contributed by atoms with van der Waals surface area (Å²) in [6.45, 7) is 4.09. The number of aliphatic hydroxyl groups excluding tert-OH is 1. The van der Waals surface area contributed by atoms with Gasteiger partial charge in [-0.15, -0.1) is 5.76 Å². The van der Waals surface area contributed by atoms with Crippen LogP contribution in [-0.4, -0.2) is 23.2 Å². The molecule has 4 aliphatic carbocycles. The van der Waals surface area contributed by atoms with E-state index in [0.717, 1.165) is 37.7 Å². The zero-order valence-electron chi connectivity index (χ0n) is 15.7. The maximum atomic E-state index is 13.0. The van der Waals surface area contributed by atoms with Gasteiger partial charge in [-0.2, -0.15) is 13.2 Å². The van der Waals surface area contributed by atoms with E-state index in [1.807, 2.05) is 6.92 Å². The van der Waals surface area contributed by atoms with E-state index in [1.54, 1.807) is 0 Å². The van der Waals surface area contributed by atoms with Crippen LogP contribution in [0.15, 0.2) is 23.0 Å². The van der Waals surface area contributed by atoms with E-state index in [9.17, 15) is 28.2 Å². The van der Waals surface area contributed by atoms with Crippen molar-refractivity contribution in [1.29, 1.82) is 0 Å². The van der Waals surface area contributed by atoms with E-state index in [2.05, 4.69) is 6.92 Å². The number of hydrogen-bond acceptors (Lipinski definition) is 3. The summed E-state index contributed by atoms with van der Waals surface area (Å²) >= 11 is 0. The molecule has 0 saturated heterocycles. The Morgan fingerprint density at radius 3 is 2.56 bits per heavy atom. The molecule has 0 aromatic carbocycles. The van der Waals surface area contributed by atoms with Gasteiger partial charge in [0.2, 0.25) is 0 Å². The molecule has 4 rings (SSSR count). The summed E-state index contributed by atoms with van der Waals surface area (Å²) in [5.74, 6) is -1.89. The Kier molecular flexibility index (Phi) is 4.12. The number of allylic oxidation sites excluding steroid dienone is 3. The van der Waals surface area contributed by atoms with Crippen LogP contribution >= 0.6 is 0 Å². The number of carbonyl (C=O) groups excluding carboxylic acids is 1. The lowest BCUT2D eigenvalue weighted by Crippen LogP contribution is -2.51. The van der Waals surface area contributed by atoms with Crippen LogP contribution in [0.5, 0.6) is 0 Å². The van der Waals surface area contributed by atoms with Crippen molar-refractivity contribution in [2.24, 2.45) is 28.6 Å². The maximum Gasteiger partial charge on any atom is 0.454 e. The van der Waals surface area contributed by atoms with Gasteiger partial charge in [0.1, 0.15) is 0 Å². The van der Waals surface area contributed by atoms with Gasteiger partial charge in [-0.25, -0.2) is 0 Å². The van der Waals surface area contributed by atoms with E-state index in [0.29, 0.717) is 18.3 Å². The predicted octanol–water partition coefficient (Wildman–Crippen LogP) is 3.67. The SMILES string of the molecule is CC12CC(C(=O)C(F)(F)F)=C([O-])C=C1CCC1C2CCC2(C)C(O)CCC12. The molecule has 3 fully saturated rings. The minimum Gasteiger partial charge on any atom is -0.872 e. The number of carbonyl (C=O) groups is 1. The number of fused-ring (bicyclic) bond motifs is 5. The Balaban J connectivity index is 1.69. The van der Waals surface area contributed by atoms with Crippen LogP contribution in [-0.2, 0) is 4.79 Å². The van der Waals surface area contributed by atoms with Crippen molar-refractivity contribution in [2.45, 2.75) is 71.1 Å². The fourth-order valence-corrected chi connectivity index (χ4v) is 6.84. The Morgan fingerprint density at radius 1 is 1.19 bits per heavy atom. The van der Waals surface area contributed by atoms with Crippen molar-refractivity contribution in [3.05, 3.63) is 23.0 Å². The van der Waals surface area contributed by atoms with Gasteiger partial charge >= 0.3 is 6.18 Å². The lowest BCUT2D eigenvalue weighted by Gasteiger charge is -2.58. The minimum absolute atomic E-state index is 0.108. The van der Waals surface area contributed by atoms with Crippen molar-refractivity contribution in [2.75, 3.05) is 0 Å². The molecule has 3 saturated carbocycles. The second-order valence-electron chi connectivity index (χ2n) is 9.49. The third-order valence-corrected chi connectivity index (χ3v) is 8.36. The average molecular weight is 383 g/mol. The highest BCUT2D eigenvalue weighted by Gasteiger charge is 2.59. The van der Waals surface area contributed by atoms with Crippen LogP contribution in [0.2, 0.25) is 0 Å². The van der Waals surface area contributed by atoms with E-state index in [-0.39, 0.29) is 23.9 Å².